The normalized spacial score (nSPS) is 18.6. The van der Waals surface area contributed by atoms with Gasteiger partial charge in [0, 0.05) is 17.6 Å². The average Bonchev–Trinajstić information content (AvgIpc) is 3.30. The molecule has 10 nitrogen and oxygen atoms in total. The van der Waals surface area contributed by atoms with E-state index in [1.165, 1.54) is 43.9 Å². The van der Waals surface area contributed by atoms with E-state index < -0.39 is 10.4 Å². The Bertz CT molecular complexity index is 1910. The van der Waals surface area contributed by atoms with Gasteiger partial charge in [0.05, 0.1) is 25.7 Å². The van der Waals surface area contributed by atoms with Crippen LogP contribution in [0.15, 0.2) is 118 Å². The monoisotopic (exact) mass is 687 g/mol. The number of hydrogen-bond donors (Lipinski definition) is 2. The predicted molar refractivity (Wildman–Crippen MR) is 189 cm³/mol. The van der Waals surface area contributed by atoms with Crippen molar-refractivity contribution < 1.29 is 36.2 Å². The maximum absolute atomic E-state index is 12.6. The van der Waals surface area contributed by atoms with Crippen LogP contribution in [0.25, 0.3) is 22.3 Å². The molecule has 2 bridgehead atoms. The number of ether oxygens (including phenoxy) is 3. The minimum atomic E-state index is -4.67. The molecule has 2 saturated heterocycles. The summed E-state index contributed by atoms with van der Waals surface area (Å²) in [6, 6.07) is 37.3. The van der Waals surface area contributed by atoms with Crippen LogP contribution in [0, 0.1) is 0 Å². The Morgan fingerprint density at radius 3 is 1.76 bits per heavy atom. The zero-order valence-electron chi connectivity index (χ0n) is 27.6. The number of benzene rings is 4. The van der Waals surface area contributed by atoms with Crippen LogP contribution in [-0.2, 0) is 15.1 Å². The molecule has 3 heterocycles. The molecule has 7 rings (SSSR count). The molecule has 49 heavy (non-hydrogen) atoms. The molecule has 2 aliphatic heterocycles. The second-order valence-electron chi connectivity index (χ2n) is 11.9. The van der Waals surface area contributed by atoms with Crippen molar-refractivity contribution >= 4 is 21.4 Å². The molecule has 258 valence electrons. The minimum Gasteiger partial charge on any atom is -0.493 e. The molecule has 0 radical (unpaired) electrons. The Morgan fingerprint density at radius 1 is 0.755 bits per heavy atom. The molecule has 0 aliphatic carbocycles. The number of nitrogens with zero attached hydrogens (tertiary/aromatic N) is 1. The van der Waals surface area contributed by atoms with Gasteiger partial charge >= 0.3 is 10.4 Å². The molecule has 0 saturated carbocycles. The van der Waals surface area contributed by atoms with Gasteiger partial charge in [0.15, 0.2) is 17.1 Å². The molecular weight excluding hydrogens is 646 g/mol. The number of hydrogen-bond acceptors (Lipinski definition) is 8. The topological polar surface area (TPSA) is 136 Å². The predicted octanol–water partition coefficient (Wildman–Crippen LogP) is 7.24. The summed E-state index contributed by atoms with van der Waals surface area (Å²) in [4.78, 5) is 15.2. The van der Waals surface area contributed by atoms with Crippen LogP contribution in [0.3, 0.4) is 0 Å². The second kappa shape index (κ2) is 16.3. The zero-order chi connectivity index (χ0) is 35.0. The van der Waals surface area contributed by atoms with Crippen LogP contribution in [-0.4, -0.2) is 61.9 Å². The van der Waals surface area contributed by atoms with Crippen molar-refractivity contribution in [3.63, 3.8) is 0 Å². The Labute approximate surface area is 286 Å². The highest BCUT2D eigenvalue weighted by Gasteiger charge is 2.39. The van der Waals surface area contributed by atoms with Gasteiger partial charge in [-0.15, -0.1) is 0 Å². The molecule has 2 fully saturated rings. The van der Waals surface area contributed by atoms with Crippen LogP contribution < -0.4 is 14.9 Å². The van der Waals surface area contributed by atoms with E-state index in [0.717, 1.165) is 5.56 Å². The van der Waals surface area contributed by atoms with Crippen molar-refractivity contribution in [2.75, 3.05) is 21.3 Å². The van der Waals surface area contributed by atoms with Gasteiger partial charge < -0.3 is 23.5 Å². The van der Waals surface area contributed by atoms with Crippen molar-refractivity contribution in [1.82, 2.24) is 4.90 Å². The second-order valence-corrected chi connectivity index (χ2v) is 12.8. The summed E-state index contributed by atoms with van der Waals surface area (Å²) in [5.41, 5.74) is 3.50. The summed E-state index contributed by atoms with van der Waals surface area (Å²) in [7, 11) is 0.621. The molecule has 0 amide bonds. The lowest BCUT2D eigenvalue weighted by Gasteiger charge is -2.38. The maximum atomic E-state index is 12.6. The first-order valence-corrected chi connectivity index (χ1v) is 17.4. The molecule has 2 aliphatic rings. The van der Waals surface area contributed by atoms with E-state index in [1.54, 1.807) is 25.3 Å². The number of piperidine rings is 1. The number of fused-ring (bicyclic) bond motifs is 3. The summed E-state index contributed by atoms with van der Waals surface area (Å²) in [6.45, 7) is 0. The van der Waals surface area contributed by atoms with Gasteiger partial charge in [0.25, 0.3) is 0 Å². The summed E-state index contributed by atoms with van der Waals surface area (Å²) in [5.74, 6) is 1.12. The highest BCUT2D eigenvalue weighted by Crippen LogP contribution is 2.39. The van der Waals surface area contributed by atoms with Gasteiger partial charge in [0.2, 0.25) is 11.2 Å². The molecule has 0 spiro atoms. The van der Waals surface area contributed by atoms with Crippen LogP contribution in [0.2, 0.25) is 0 Å². The van der Waals surface area contributed by atoms with Gasteiger partial charge in [0.1, 0.15) is 6.10 Å². The first kappa shape index (κ1) is 35.8. The summed E-state index contributed by atoms with van der Waals surface area (Å²) < 4.78 is 54.7. The number of methoxy groups -OCH3 is 2. The smallest absolute Gasteiger partial charge is 0.394 e. The molecule has 11 heteroatoms. The van der Waals surface area contributed by atoms with Crippen molar-refractivity contribution in [2.24, 2.45) is 0 Å². The third-order valence-corrected chi connectivity index (χ3v) is 8.89. The molecule has 5 aromatic rings. The third-order valence-electron chi connectivity index (χ3n) is 8.89. The van der Waals surface area contributed by atoms with E-state index >= 15 is 0 Å². The van der Waals surface area contributed by atoms with Gasteiger partial charge in [-0.25, -0.2) is 0 Å². The summed E-state index contributed by atoms with van der Waals surface area (Å²) >= 11 is 0. The lowest BCUT2D eigenvalue weighted by atomic mass is 9.97. The largest absolute Gasteiger partial charge is 0.493 e. The highest BCUT2D eigenvalue weighted by atomic mass is 32.3. The van der Waals surface area contributed by atoms with E-state index in [1.807, 2.05) is 30.3 Å². The molecular formula is C38H41NO9S. The summed E-state index contributed by atoms with van der Waals surface area (Å²) in [6.07, 6.45) is 5.43. The average molecular weight is 688 g/mol. The number of rotatable bonds is 7. The van der Waals surface area contributed by atoms with Crippen LogP contribution in [0.1, 0.15) is 42.9 Å². The van der Waals surface area contributed by atoms with Crippen LogP contribution >= 0.6 is 0 Å². The van der Waals surface area contributed by atoms with Crippen molar-refractivity contribution in [2.45, 2.75) is 50.0 Å². The van der Waals surface area contributed by atoms with Crippen molar-refractivity contribution in [1.29, 1.82) is 0 Å². The zero-order valence-corrected chi connectivity index (χ0v) is 28.5. The van der Waals surface area contributed by atoms with E-state index in [4.69, 9.17) is 36.2 Å². The lowest BCUT2D eigenvalue weighted by Crippen LogP contribution is -2.43. The fourth-order valence-corrected chi connectivity index (χ4v) is 6.57. The molecule has 2 unspecified atom stereocenters. The maximum Gasteiger partial charge on any atom is 0.394 e. The first-order chi connectivity index (χ1) is 23.6. The van der Waals surface area contributed by atoms with Crippen molar-refractivity contribution in [3.05, 3.63) is 131 Å². The Hall–Kier alpha value is -4.52. The Morgan fingerprint density at radius 2 is 1.27 bits per heavy atom. The molecule has 2 N–H and O–H groups in total. The van der Waals surface area contributed by atoms with E-state index in [9.17, 15) is 4.79 Å². The minimum absolute atomic E-state index is 0.0465. The van der Waals surface area contributed by atoms with Crippen LogP contribution in [0.5, 0.6) is 11.5 Å². The lowest BCUT2D eigenvalue weighted by molar-refractivity contribution is -0.0426. The molecule has 4 aromatic carbocycles. The standard InChI is InChI=1S/C21H25NO.C17H14O4.H2O4S/c1-22-18-12-13-19(22)15-20(14-18)23-21(16-8-4-2-5-9-16)17-10-6-3-7-11-17;1-19-13-10-6-9-12-14(18)17(20-2)15(21-16(12)13)11-7-4-3-5-8-11;1-5(2,3)4/h2-11,18-21H,12-15H2,1H3;3-10H,1-2H3;(H2,1,2,3,4). The van der Waals surface area contributed by atoms with Crippen LogP contribution in [0.4, 0.5) is 0 Å². The SMILES string of the molecule is CN1C2CCC1CC(OC(c1ccccc1)c1ccccc1)C2.COc1c(-c2ccccc2)oc2c(OC)cccc2c1=O.O=S(=O)(O)O. The van der Waals surface area contributed by atoms with E-state index in [2.05, 4.69) is 72.6 Å². The Balaban J connectivity index is 0.000000169. The summed E-state index contributed by atoms with van der Waals surface area (Å²) in [5, 5.41) is 0.436. The van der Waals surface area contributed by atoms with E-state index in [0.29, 0.717) is 40.7 Å². The first-order valence-electron chi connectivity index (χ1n) is 16.0. The van der Waals surface area contributed by atoms with Gasteiger partial charge in [-0.2, -0.15) is 8.42 Å². The fraction of sp³-hybridized carbons (Fsp3) is 0.289. The highest BCUT2D eigenvalue weighted by molar-refractivity contribution is 7.79. The molecule has 2 atom stereocenters. The quantitative estimate of drug-likeness (QED) is 0.169. The van der Waals surface area contributed by atoms with Gasteiger partial charge in [-0.05, 0) is 56.0 Å². The molecule has 1 aromatic heterocycles. The number of para-hydroxylation sites is 1. The third kappa shape index (κ3) is 9.14. The Kier molecular flexibility index (Phi) is 11.9. The van der Waals surface area contributed by atoms with Gasteiger partial charge in [-0.3, -0.25) is 13.9 Å². The van der Waals surface area contributed by atoms with Gasteiger partial charge in [-0.1, -0.05) is 97.1 Å². The van der Waals surface area contributed by atoms with Crippen molar-refractivity contribution in [3.8, 4) is 22.8 Å². The van der Waals surface area contributed by atoms with E-state index in [-0.39, 0.29) is 17.3 Å². The fourth-order valence-electron chi connectivity index (χ4n) is 6.57.